The molecule has 1 fully saturated rings. The van der Waals surface area contributed by atoms with Crippen LogP contribution in [0.25, 0.3) is 0 Å². The zero-order chi connectivity index (χ0) is 22.1. The molecule has 11 heteroatoms. The predicted molar refractivity (Wildman–Crippen MR) is 111 cm³/mol. The van der Waals surface area contributed by atoms with Gasteiger partial charge in [0, 0.05) is 37.3 Å². The summed E-state index contributed by atoms with van der Waals surface area (Å²) in [5.41, 5.74) is -0.247. The number of hydrogen-bond donors (Lipinski definition) is 1. The third-order valence-electron chi connectivity index (χ3n) is 4.90. The fraction of sp³-hybridized carbons (Fsp3) is 0.316. The molecule has 0 spiro atoms. The van der Waals surface area contributed by atoms with Gasteiger partial charge >= 0.3 is 0 Å². The highest BCUT2D eigenvalue weighted by atomic mass is 35.5. The molecule has 1 amide bonds. The lowest BCUT2D eigenvalue weighted by atomic mass is 10.2. The third kappa shape index (κ3) is 4.92. The Bertz CT molecular complexity index is 1060. The number of sulfonamides is 1. The summed E-state index contributed by atoms with van der Waals surface area (Å²) in [5, 5.41) is 2.70. The summed E-state index contributed by atoms with van der Waals surface area (Å²) < 4.78 is 54.1. The normalized spacial score (nSPS) is 17.0. The standard InChI is InChI=1S/C19H19Cl2F2N3O3S/c1-12(19(27)24-17-11-14(22)3-5-16(17)23)25-6-8-26(9-7-25)30(28,29)18-10-13(20)2-4-15(18)21/h2-5,10-12H,6-9H2,1H3,(H,24,27). The van der Waals surface area contributed by atoms with Crippen LogP contribution in [0.5, 0.6) is 0 Å². The molecule has 0 bridgehead atoms. The van der Waals surface area contributed by atoms with Crippen LogP contribution in [0, 0.1) is 11.6 Å². The lowest BCUT2D eigenvalue weighted by Crippen LogP contribution is -2.54. The molecule has 3 rings (SSSR count). The summed E-state index contributed by atoms with van der Waals surface area (Å²) in [6.07, 6.45) is 0. The molecule has 1 saturated heterocycles. The van der Waals surface area contributed by atoms with Crippen molar-refractivity contribution in [1.29, 1.82) is 0 Å². The van der Waals surface area contributed by atoms with Gasteiger partial charge in [0.05, 0.1) is 16.8 Å². The summed E-state index contributed by atoms with van der Waals surface area (Å²) in [6.45, 7) is 2.44. The summed E-state index contributed by atoms with van der Waals surface area (Å²) in [5.74, 6) is -1.93. The number of carbonyl (C=O) groups is 1. The van der Waals surface area contributed by atoms with Crippen LogP contribution in [0.15, 0.2) is 41.3 Å². The Labute approximate surface area is 183 Å². The van der Waals surface area contributed by atoms with Gasteiger partial charge in [-0.3, -0.25) is 9.69 Å². The van der Waals surface area contributed by atoms with Gasteiger partial charge in [0.2, 0.25) is 15.9 Å². The second kappa shape index (κ2) is 9.15. The van der Waals surface area contributed by atoms with Crippen LogP contribution in [0.1, 0.15) is 6.92 Å². The first-order valence-corrected chi connectivity index (χ1v) is 11.2. The highest BCUT2D eigenvalue weighted by molar-refractivity contribution is 7.89. The smallest absolute Gasteiger partial charge is 0.244 e. The van der Waals surface area contributed by atoms with E-state index in [1.54, 1.807) is 11.8 Å². The molecule has 1 unspecified atom stereocenters. The third-order valence-corrected chi connectivity index (χ3v) is 7.51. The van der Waals surface area contributed by atoms with Gasteiger partial charge < -0.3 is 5.32 Å². The average molecular weight is 478 g/mol. The van der Waals surface area contributed by atoms with Gasteiger partial charge in [-0.1, -0.05) is 23.2 Å². The van der Waals surface area contributed by atoms with Gasteiger partial charge in [-0.25, -0.2) is 17.2 Å². The maximum atomic E-state index is 13.8. The molecule has 0 saturated carbocycles. The highest BCUT2D eigenvalue weighted by Gasteiger charge is 2.33. The van der Waals surface area contributed by atoms with E-state index in [0.717, 1.165) is 18.2 Å². The quantitative estimate of drug-likeness (QED) is 0.713. The number of anilines is 1. The minimum absolute atomic E-state index is 0.0718. The number of nitrogens with one attached hydrogen (secondary N) is 1. The molecule has 162 valence electrons. The number of benzene rings is 2. The fourth-order valence-corrected chi connectivity index (χ4v) is 5.30. The van der Waals surface area contributed by atoms with E-state index in [-0.39, 0.29) is 46.8 Å². The Morgan fingerprint density at radius 2 is 1.73 bits per heavy atom. The molecule has 1 aliphatic heterocycles. The SMILES string of the molecule is CC(C(=O)Nc1cc(F)ccc1F)N1CCN(S(=O)(=O)c2cc(Cl)ccc2Cl)CC1. The lowest BCUT2D eigenvalue weighted by molar-refractivity contribution is -0.121. The number of nitrogens with zero attached hydrogens (tertiary/aromatic N) is 2. The van der Waals surface area contributed by atoms with Crippen LogP contribution in [0.3, 0.4) is 0 Å². The van der Waals surface area contributed by atoms with E-state index < -0.39 is 33.6 Å². The van der Waals surface area contributed by atoms with Crippen LogP contribution < -0.4 is 5.32 Å². The zero-order valence-electron chi connectivity index (χ0n) is 15.9. The van der Waals surface area contributed by atoms with Crippen molar-refractivity contribution in [3.05, 3.63) is 58.1 Å². The summed E-state index contributed by atoms with van der Waals surface area (Å²) in [4.78, 5) is 14.1. The summed E-state index contributed by atoms with van der Waals surface area (Å²) >= 11 is 11.9. The number of halogens is 4. The van der Waals surface area contributed by atoms with Crippen molar-refractivity contribution in [2.75, 3.05) is 31.5 Å². The van der Waals surface area contributed by atoms with E-state index >= 15 is 0 Å². The number of carbonyl (C=O) groups excluding carboxylic acids is 1. The Hall–Kier alpha value is -1.78. The lowest BCUT2D eigenvalue weighted by Gasteiger charge is -2.36. The van der Waals surface area contributed by atoms with E-state index in [9.17, 15) is 22.0 Å². The van der Waals surface area contributed by atoms with Crippen LogP contribution in [-0.2, 0) is 14.8 Å². The molecule has 2 aromatic rings. The van der Waals surface area contributed by atoms with Crippen molar-refractivity contribution < 1.29 is 22.0 Å². The van der Waals surface area contributed by atoms with Gasteiger partial charge in [0.15, 0.2) is 0 Å². The largest absolute Gasteiger partial charge is 0.322 e. The number of piperazine rings is 1. The zero-order valence-corrected chi connectivity index (χ0v) is 18.2. The second-order valence-electron chi connectivity index (χ2n) is 6.80. The molecule has 0 aromatic heterocycles. The van der Waals surface area contributed by atoms with Gasteiger partial charge in [-0.2, -0.15) is 4.31 Å². The Kier molecular flexibility index (Phi) is 6.98. The molecule has 0 radical (unpaired) electrons. The molecule has 0 aliphatic carbocycles. The molecule has 2 aromatic carbocycles. The molecule has 1 heterocycles. The maximum absolute atomic E-state index is 13.8. The van der Waals surface area contributed by atoms with E-state index in [4.69, 9.17) is 23.2 Å². The van der Waals surface area contributed by atoms with Crippen molar-refractivity contribution in [1.82, 2.24) is 9.21 Å². The first-order chi connectivity index (χ1) is 14.1. The Morgan fingerprint density at radius 3 is 2.40 bits per heavy atom. The van der Waals surface area contributed by atoms with Crippen LogP contribution in [0.2, 0.25) is 10.0 Å². The van der Waals surface area contributed by atoms with E-state index in [1.165, 1.54) is 22.5 Å². The molecular formula is C19H19Cl2F2N3O3S. The monoisotopic (exact) mass is 477 g/mol. The molecule has 1 atom stereocenters. The van der Waals surface area contributed by atoms with E-state index in [1.807, 2.05) is 0 Å². The van der Waals surface area contributed by atoms with E-state index in [2.05, 4.69) is 5.32 Å². The minimum Gasteiger partial charge on any atom is -0.322 e. The Morgan fingerprint density at radius 1 is 1.07 bits per heavy atom. The van der Waals surface area contributed by atoms with Crippen molar-refractivity contribution in [3.8, 4) is 0 Å². The number of hydrogen-bond acceptors (Lipinski definition) is 4. The highest BCUT2D eigenvalue weighted by Crippen LogP contribution is 2.28. The number of amides is 1. The molecule has 6 nitrogen and oxygen atoms in total. The van der Waals surface area contributed by atoms with Gasteiger partial charge in [0.25, 0.3) is 0 Å². The van der Waals surface area contributed by atoms with Crippen molar-refractivity contribution in [2.45, 2.75) is 17.9 Å². The van der Waals surface area contributed by atoms with Gasteiger partial charge in [-0.05, 0) is 37.3 Å². The van der Waals surface area contributed by atoms with Crippen LogP contribution >= 0.6 is 23.2 Å². The molecule has 30 heavy (non-hydrogen) atoms. The van der Waals surface area contributed by atoms with Crippen molar-refractivity contribution in [2.24, 2.45) is 0 Å². The predicted octanol–water partition coefficient (Wildman–Crippen LogP) is 3.61. The molecular weight excluding hydrogens is 459 g/mol. The maximum Gasteiger partial charge on any atom is 0.244 e. The minimum atomic E-state index is -3.85. The fourth-order valence-electron chi connectivity index (χ4n) is 3.14. The first kappa shape index (κ1) is 22.9. The van der Waals surface area contributed by atoms with Crippen LogP contribution in [0.4, 0.5) is 14.5 Å². The van der Waals surface area contributed by atoms with Crippen molar-refractivity contribution >= 4 is 44.8 Å². The number of rotatable bonds is 5. The summed E-state index contributed by atoms with van der Waals surface area (Å²) in [7, 11) is -3.85. The first-order valence-electron chi connectivity index (χ1n) is 9.05. The summed E-state index contributed by atoms with van der Waals surface area (Å²) in [6, 6.07) is 6.34. The average Bonchev–Trinajstić information content (AvgIpc) is 2.72. The second-order valence-corrected chi connectivity index (χ2v) is 9.55. The van der Waals surface area contributed by atoms with Crippen molar-refractivity contribution in [3.63, 3.8) is 0 Å². The Balaban J connectivity index is 1.65. The molecule has 1 N–H and O–H groups in total. The molecule has 1 aliphatic rings. The van der Waals surface area contributed by atoms with E-state index in [0.29, 0.717) is 0 Å². The topological polar surface area (TPSA) is 69.7 Å². The van der Waals surface area contributed by atoms with Gasteiger partial charge in [-0.15, -0.1) is 0 Å². The van der Waals surface area contributed by atoms with Crippen LogP contribution in [-0.4, -0.2) is 55.8 Å². The van der Waals surface area contributed by atoms with Gasteiger partial charge in [0.1, 0.15) is 16.5 Å².